The van der Waals surface area contributed by atoms with Gasteiger partial charge in [0.2, 0.25) is 0 Å². The van der Waals surface area contributed by atoms with E-state index in [1.165, 1.54) is 32.4 Å². The van der Waals surface area contributed by atoms with Crippen molar-refractivity contribution < 1.29 is 14.6 Å². The van der Waals surface area contributed by atoms with Crippen LogP contribution in [0.5, 0.6) is 0 Å². The molecule has 0 aromatic carbocycles. The molecule has 1 aliphatic heterocycles. The summed E-state index contributed by atoms with van der Waals surface area (Å²) in [6.45, 7) is 7.41. The lowest BCUT2D eigenvalue weighted by Crippen LogP contribution is -2.40. The molecule has 0 saturated carbocycles. The van der Waals surface area contributed by atoms with Gasteiger partial charge >= 0.3 is 0 Å². The first kappa shape index (κ1) is 15.9. The van der Waals surface area contributed by atoms with Crippen LogP contribution in [-0.4, -0.2) is 62.2 Å². The van der Waals surface area contributed by atoms with Crippen LogP contribution >= 0.6 is 0 Å². The van der Waals surface area contributed by atoms with Crippen molar-refractivity contribution in [3.8, 4) is 0 Å². The van der Waals surface area contributed by atoms with Crippen LogP contribution in [0.15, 0.2) is 0 Å². The van der Waals surface area contributed by atoms with Gasteiger partial charge in [0, 0.05) is 13.2 Å². The quantitative estimate of drug-likeness (QED) is 0.606. The predicted octanol–water partition coefficient (Wildman–Crippen LogP) is 1.67. The van der Waals surface area contributed by atoms with Crippen molar-refractivity contribution in [2.24, 2.45) is 0 Å². The Labute approximate surface area is 111 Å². The van der Waals surface area contributed by atoms with Gasteiger partial charge in [-0.3, -0.25) is 0 Å². The second-order valence-corrected chi connectivity index (χ2v) is 5.01. The monoisotopic (exact) mass is 259 g/mol. The van der Waals surface area contributed by atoms with E-state index < -0.39 is 0 Å². The van der Waals surface area contributed by atoms with E-state index in [9.17, 15) is 0 Å². The number of ether oxygens (including phenoxy) is 2. The highest BCUT2D eigenvalue weighted by atomic mass is 16.5. The fraction of sp³-hybridized carbons (Fsp3) is 1.00. The summed E-state index contributed by atoms with van der Waals surface area (Å²) < 4.78 is 11.3. The van der Waals surface area contributed by atoms with Crippen LogP contribution in [0.25, 0.3) is 0 Å². The number of nitrogens with zero attached hydrogens (tertiary/aromatic N) is 1. The van der Waals surface area contributed by atoms with Crippen LogP contribution in [0.3, 0.4) is 0 Å². The highest BCUT2D eigenvalue weighted by Gasteiger charge is 2.17. The first-order chi connectivity index (χ1) is 8.86. The molecule has 18 heavy (non-hydrogen) atoms. The largest absolute Gasteiger partial charge is 0.394 e. The van der Waals surface area contributed by atoms with Gasteiger partial charge in [-0.15, -0.1) is 0 Å². The molecule has 1 fully saturated rings. The molecule has 1 N–H and O–H groups in total. The zero-order valence-electron chi connectivity index (χ0n) is 11.8. The molecule has 1 aliphatic rings. The standard InChI is InChI=1S/C14H29NO3/c1-2-3-10-17-13-14(18-11-9-16)12-15-7-5-4-6-8-15/h14,16H,2-13H2,1H3. The third-order valence-electron chi connectivity index (χ3n) is 3.30. The van der Waals surface area contributed by atoms with E-state index in [2.05, 4.69) is 11.8 Å². The average Bonchev–Trinajstić information content (AvgIpc) is 2.41. The first-order valence-electron chi connectivity index (χ1n) is 7.39. The minimum Gasteiger partial charge on any atom is -0.394 e. The number of likely N-dealkylation sites (tertiary alicyclic amines) is 1. The van der Waals surface area contributed by atoms with Gasteiger partial charge in [0.25, 0.3) is 0 Å². The second-order valence-electron chi connectivity index (χ2n) is 5.01. The lowest BCUT2D eigenvalue weighted by molar-refractivity contribution is -0.0442. The molecule has 0 bridgehead atoms. The minimum absolute atomic E-state index is 0.0888. The first-order valence-corrected chi connectivity index (χ1v) is 7.39. The number of aliphatic hydroxyl groups is 1. The molecule has 4 heteroatoms. The van der Waals surface area contributed by atoms with Crippen LogP contribution < -0.4 is 0 Å². The fourth-order valence-corrected chi connectivity index (χ4v) is 2.26. The van der Waals surface area contributed by atoms with E-state index in [4.69, 9.17) is 14.6 Å². The Bertz CT molecular complexity index is 184. The number of rotatable bonds is 10. The number of hydrogen-bond acceptors (Lipinski definition) is 4. The lowest BCUT2D eigenvalue weighted by atomic mass is 10.1. The van der Waals surface area contributed by atoms with Gasteiger partial charge in [-0.1, -0.05) is 19.8 Å². The Morgan fingerprint density at radius 2 is 1.94 bits per heavy atom. The third kappa shape index (κ3) is 7.31. The zero-order chi connectivity index (χ0) is 13.1. The summed E-state index contributed by atoms with van der Waals surface area (Å²) in [6, 6.07) is 0. The molecule has 108 valence electrons. The molecular weight excluding hydrogens is 230 g/mol. The van der Waals surface area contributed by atoms with E-state index in [0.717, 1.165) is 26.0 Å². The van der Waals surface area contributed by atoms with E-state index in [1.54, 1.807) is 0 Å². The molecule has 0 amide bonds. The number of hydrogen-bond donors (Lipinski definition) is 1. The molecule has 0 aliphatic carbocycles. The predicted molar refractivity (Wildman–Crippen MR) is 72.8 cm³/mol. The average molecular weight is 259 g/mol. The summed E-state index contributed by atoms with van der Waals surface area (Å²) in [5.74, 6) is 0. The Morgan fingerprint density at radius 3 is 2.61 bits per heavy atom. The molecule has 0 aromatic heterocycles. The highest BCUT2D eigenvalue weighted by molar-refractivity contribution is 4.70. The third-order valence-corrected chi connectivity index (χ3v) is 3.30. The molecule has 0 spiro atoms. The number of aliphatic hydroxyl groups excluding tert-OH is 1. The van der Waals surface area contributed by atoms with Crippen molar-refractivity contribution in [1.82, 2.24) is 4.90 Å². The van der Waals surface area contributed by atoms with Gasteiger partial charge in [0.05, 0.1) is 25.9 Å². The lowest BCUT2D eigenvalue weighted by Gasteiger charge is -2.30. The summed E-state index contributed by atoms with van der Waals surface area (Å²) in [4.78, 5) is 2.45. The maximum Gasteiger partial charge on any atom is 0.0936 e. The maximum absolute atomic E-state index is 8.85. The number of piperidine rings is 1. The Balaban J connectivity index is 2.20. The van der Waals surface area contributed by atoms with Crippen LogP contribution in [0.1, 0.15) is 39.0 Å². The van der Waals surface area contributed by atoms with Crippen molar-refractivity contribution in [1.29, 1.82) is 0 Å². The number of unbranched alkanes of at least 4 members (excludes halogenated alkanes) is 1. The fourth-order valence-electron chi connectivity index (χ4n) is 2.26. The second kappa shape index (κ2) is 10.7. The van der Waals surface area contributed by atoms with Crippen LogP contribution in [0, 0.1) is 0 Å². The van der Waals surface area contributed by atoms with Crippen molar-refractivity contribution in [3.63, 3.8) is 0 Å². The molecule has 4 nitrogen and oxygen atoms in total. The summed E-state index contributed by atoms with van der Waals surface area (Å²) in [6.07, 6.45) is 6.32. The highest BCUT2D eigenvalue weighted by Crippen LogP contribution is 2.10. The molecule has 0 aromatic rings. The molecule has 0 radical (unpaired) electrons. The van der Waals surface area contributed by atoms with Gasteiger partial charge in [-0.05, 0) is 32.4 Å². The van der Waals surface area contributed by atoms with Gasteiger partial charge in [-0.25, -0.2) is 0 Å². The normalized spacial score (nSPS) is 19.0. The van der Waals surface area contributed by atoms with E-state index in [1.807, 2.05) is 0 Å². The Hall–Kier alpha value is -0.160. The Morgan fingerprint density at radius 1 is 1.17 bits per heavy atom. The van der Waals surface area contributed by atoms with Crippen LogP contribution in [0.2, 0.25) is 0 Å². The van der Waals surface area contributed by atoms with Crippen molar-refractivity contribution in [3.05, 3.63) is 0 Å². The summed E-state index contributed by atoms with van der Waals surface area (Å²) in [7, 11) is 0. The maximum atomic E-state index is 8.85. The van der Waals surface area contributed by atoms with Gasteiger partial charge in [0.15, 0.2) is 0 Å². The van der Waals surface area contributed by atoms with Crippen LogP contribution in [0.4, 0.5) is 0 Å². The summed E-state index contributed by atoms with van der Waals surface area (Å²) >= 11 is 0. The van der Waals surface area contributed by atoms with E-state index in [0.29, 0.717) is 13.2 Å². The molecule has 1 heterocycles. The van der Waals surface area contributed by atoms with Crippen molar-refractivity contribution in [2.75, 3.05) is 46.1 Å². The van der Waals surface area contributed by atoms with E-state index >= 15 is 0 Å². The molecule has 1 unspecified atom stereocenters. The molecular formula is C14H29NO3. The van der Waals surface area contributed by atoms with Crippen molar-refractivity contribution in [2.45, 2.75) is 45.1 Å². The summed E-state index contributed by atoms with van der Waals surface area (Å²) in [5.41, 5.74) is 0. The minimum atomic E-state index is 0.0888. The van der Waals surface area contributed by atoms with Gasteiger partial charge < -0.3 is 19.5 Å². The molecule has 1 rings (SSSR count). The van der Waals surface area contributed by atoms with Crippen molar-refractivity contribution >= 4 is 0 Å². The molecule has 1 atom stereocenters. The molecule has 1 saturated heterocycles. The van der Waals surface area contributed by atoms with Gasteiger partial charge in [-0.2, -0.15) is 0 Å². The van der Waals surface area contributed by atoms with Crippen LogP contribution in [-0.2, 0) is 9.47 Å². The smallest absolute Gasteiger partial charge is 0.0936 e. The van der Waals surface area contributed by atoms with E-state index in [-0.39, 0.29) is 12.7 Å². The topological polar surface area (TPSA) is 41.9 Å². The Kier molecular flexibility index (Phi) is 9.48. The SMILES string of the molecule is CCCCOCC(CN1CCCCC1)OCCO. The van der Waals surface area contributed by atoms with Gasteiger partial charge in [0.1, 0.15) is 0 Å². The zero-order valence-corrected chi connectivity index (χ0v) is 11.8. The summed E-state index contributed by atoms with van der Waals surface area (Å²) in [5, 5.41) is 8.85.